The molecule has 1 rings (SSSR count). The predicted molar refractivity (Wildman–Crippen MR) is 88.2 cm³/mol. The number of ether oxygens (including phenoxy) is 1. The SMILES string of the molecule is CCCCC(CC)C(CCCC1CCCO1)NCCC. The number of nitrogens with one attached hydrogen (secondary N) is 1. The van der Waals surface area contributed by atoms with Gasteiger partial charge in [0.1, 0.15) is 0 Å². The normalized spacial score (nSPS) is 22.1. The van der Waals surface area contributed by atoms with Crippen molar-refractivity contribution in [3.05, 3.63) is 0 Å². The molecule has 0 bridgehead atoms. The summed E-state index contributed by atoms with van der Waals surface area (Å²) in [6, 6.07) is 0.730. The summed E-state index contributed by atoms with van der Waals surface area (Å²) in [6.07, 6.45) is 13.7. The fourth-order valence-electron chi connectivity index (χ4n) is 3.43. The van der Waals surface area contributed by atoms with Crippen molar-refractivity contribution < 1.29 is 4.74 Å². The molecule has 0 aromatic rings. The quantitative estimate of drug-likeness (QED) is 0.549. The van der Waals surface area contributed by atoms with Crippen molar-refractivity contribution in [2.75, 3.05) is 13.2 Å². The van der Waals surface area contributed by atoms with E-state index in [2.05, 4.69) is 26.1 Å². The Morgan fingerprint density at radius 2 is 1.95 bits per heavy atom. The lowest BCUT2D eigenvalue weighted by atomic mass is 9.87. The fourth-order valence-corrected chi connectivity index (χ4v) is 3.43. The first-order valence-electron chi connectivity index (χ1n) is 9.16. The Kier molecular flexibility index (Phi) is 10.4. The molecular weight excluding hydrogens is 246 g/mol. The van der Waals surface area contributed by atoms with E-state index in [1.54, 1.807) is 0 Å². The molecule has 2 heteroatoms. The van der Waals surface area contributed by atoms with Gasteiger partial charge < -0.3 is 10.1 Å². The molecule has 1 aliphatic heterocycles. The lowest BCUT2D eigenvalue weighted by Crippen LogP contribution is -2.36. The van der Waals surface area contributed by atoms with E-state index in [1.807, 2.05) is 0 Å². The van der Waals surface area contributed by atoms with E-state index in [9.17, 15) is 0 Å². The second kappa shape index (κ2) is 11.6. The van der Waals surface area contributed by atoms with Crippen LogP contribution in [0.4, 0.5) is 0 Å². The molecule has 1 N–H and O–H groups in total. The van der Waals surface area contributed by atoms with Crippen molar-refractivity contribution in [1.29, 1.82) is 0 Å². The van der Waals surface area contributed by atoms with E-state index >= 15 is 0 Å². The predicted octanol–water partition coefficient (Wildman–Crippen LogP) is 4.92. The molecule has 3 unspecified atom stereocenters. The van der Waals surface area contributed by atoms with Gasteiger partial charge in [0.2, 0.25) is 0 Å². The van der Waals surface area contributed by atoms with Crippen LogP contribution >= 0.6 is 0 Å². The van der Waals surface area contributed by atoms with Crippen LogP contribution in [-0.4, -0.2) is 25.3 Å². The molecule has 0 spiro atoms. The molecule has 1 fully saturated rings. The Morgan fingerprint density at radius 3 is 2.55 bits per heavy atom. The second-order valence-electron chi connectivity index (χ2n) is 6.44. The molecule has 20 heavy (non-hydrogen) atoms. The molecule has 0 saturated carbocycles. The Hall–Kier alpha value is -0.0800. The third kappa shape index (κ3) is 7.08. The van der Waals surface area contributed by atoms with Crippen LogP contribution in [0.1, 0.15) is 85.0 Å². The van der Waals surface area contributed by atoms with Gasteiger partial charge in [0.15, 0.2) is 0 Å². The number of unbranched alkanes of at least 4 members (excludes halogenated alkanes) is 1. The summed E-state index contributed by atoms with van der Waals surface area (Å²) in [6.45, 7) is 9.10. The van der Waals surface area contributed by atoms with E-state index < -0.39 is 0 Å². The first-order valence-corrected chi connectivity index (χ1v) is 9.16. The number of rotatable bonds is 12. The maximum absolute atomic E-state index is 5.75. The van der Waals surface area contributed by atoms with Gasteiger partial charge in [0.05, 0.1) is 6.10 Å². The van der Waals surface area contributed by atoms with Gasteiger partial charge in [-0.1, -0.05) is 40.0 Å². The molecule has 120 valence electrons. The van der Waals surface area contributed by atoms with Crippen molar-refractivity contribution in [3.8, 4) is 0 Å². The molecular formula is C18H37NO. The van der Waals surface area contributed by atoms with Gasteiger partial charge >= 0.3 is 0 Å². The minimum Gasteiger partial charge on any atom is -0.378 e. The zero-order valence-electron chi connectivity index (χ0n) is 14.1. The maximum atomic E-state index is 5.75. The van der Waals surface area contributed by atoms with Crippen molar-refractivity contribution in [1.82, 2.24) is 5.32 Å². The van der Waals surface area contributed by atoms with Crippen molar-refractivity contribution in [2.45, 2.75) is 97.1 Å². The summed E-state index contributed by atoms with van der Waals surface area (Å²) in [5.74, 6) is 0.867. The largest absolute Gasteiger partial charge is 0.378 e. The summed E-state index contributed by atoms with van der Waals surface area (Å²) < 4.78 is 5.75. The van der Waals surface area contributed by atoms with E-state index in [-0.39, 0.29) is 0 Å². The first kappa shape index (κ1) is 18.0. The highest BCUT2D eigenvalue weighted by Gasteiger charge is 2.20. The van der Waals surface area contributed by atoms with Gasteiger partial charge in [-0.25, -0.2) is 0 Å². The van der Waals surface area contributed by atoms with Crippen molar-refractivity contribution >= 4 is 0 Å². The molecule has 0 aliphatic carbocycles. The summed E-state index contributed by atoms with van der Waals surface area (Å²) in [5.41, 5.74) is 0. The molecule has 0 aromatic heterocycles. The molecule has 0 aromatic carbocycles. The van der Waals surface area contributed by atoms with Gasteiger partial charge in [0, 0.05) is 12.6 Å². The highest BCUT2D eigenvalue weighted by molar-refractivity contribution is 4.77. The fraction of sp³-hybridized carbons (Fsp3) is 1.00. The molecule has 1 aliphatic rings. The van der Waals surface area contributed by atoms with Crippen LogP contribution in [0.3, 0.4) is 0 Å². The Balaban J connectivity index is 2.31. The summed E-state index contributed by atoms with van der Waals surface area (Å²) >= 11 is 0. The van der Waals surface area contributed by atoms with Crippen LogP contribution in [-0.2, 0) is 4.74 Å². The van der Waals surface area contributed by atoms with Gasteiger partial charge in [-0.05, 0) is 57.4 Å². The highest BCUT2D eigenvalue weighted by atomic mass is 16.5. The second-order valence-corrected chi connectivity index (χ2v) is 6.44. The van der Waals surface area contributed by atoms with E-state index in [4.69, 9.17) is 4.74 Å². The van der Waals surface area contributed by atoms with E-state index in [1.165, 1.54) is 70.8 Å². The lowest BCUT2D eigenvalue weighted by Gasteiger charge is -2.28. The molecule has 1 heterocycles. The minimum atomic E-state index is 0.567. The molecule has 0 radical (unpaired) electrons. The van der Waals surface area contributed by atoms with Crippen LogP contribution in [0.2, 0.25) is 0 Å². The Labute approximate surface area is 127 Å². The number of hydrogen-bond acceptors (Lipinski definition) is 2. The van der Waals surface area contributed by atoms with E-state index in [0.29, 0.717) is 6.10 Å². The molecule has 2 nitrogen and oxygen atoms in total. The first-order chi connectivity index (χ1) is 9.81. The minimum absolute atomic E-state index is 0.567. The Bertz CT molecular complexity index is 213. The molecule has 1 saturated heterocycles. The van der Waals surface area contributed by atoms with Crippen LogP contribution < -0.4 is 5.32 Å². The van der Waals surface area contributed by atoms with Crippen LogP contribution in [0, 0.1) is 5.92 Å². The Morgan fingerprint density at radius 1 is 1.10 bits per heavy atom. The van der Waals surface area contributed by atoms with Gasteiger partial charge in [-0.3, -0.25) is 0 Å². The average Bonchev–Trinajstić information content (AvgIpc) is 2.97. The zero-order valence-corrected chi connectivity index (χ0v) is 14.1. The number of hydrogen-bond donors (Lipinski definition) is 1. The molecule has 0 amide bonds. The lowest BCUT2D eigenvalue weighted by molar-refractivity contribution is 0.100. The van der Waals surface area contributed by atoms with Crippen LogP contribution in [0.25, 0.3) is 0 Å². The third-order valence-corrected chi connectivity index (χ3v) is 4.74. The smallest absolute Gasteiger partial charge is 0.0576 e. The topological polar surface area (TPSA) is 21.3 Å². The molecule has 3 atom stereocenters. The standard InChI is InChI=1S/C18H37NO/c1-4-7-10-16(6-3)18(19-14-5-2)13-8-11-17-12-9-15-20-17/h16-19H,4-15H2,1-3H3. The maximum Gasteiger partial charge on any atom is 0.0576 e. The van der Waals surface area contributed by atoms with Gasteiger partial charge in [0.25, 0.3) is 0 Å². The monoisotopic (exact) mass is 283 g/mol. The van der Waals surface area contributed by atoms with Crippen LogP contribution in [0.15, 0.2) is 0 Å². The van der Waals surface area contributed by atoms with Gasteiger partial charge in [-0.15, -0.1) is 0 Å². The van der Waals surface area contributed by atoms with E-state index in [0.717, 1.165) is 18.6 Å². The van der Waals surface area contributed by atoms with Crippen LogP contribution in [0.5, 0.6) is 0 Å². The average molecular weight is 284 g/mol. The highest BCUT2D eigenvalue weighted by Crippen LogP contribution is 2.23. The summed E-state index contributed by atoms with van der Waals surface area (Å²) in [5, 5.41) is 3.81. The zero-order chi connectivity index (χ0) is 14.6. The van der Waals surface area contributed by atoms with Gasteiger partial charge in [-0.2, -0.15) is 0 Å². The summed E-state index contributed by atoms with van der Waals surface area (Å²) in [4.78, 5) is 0. The third-order valence-electron chi connectivity index (χ3n) is 4.74. The van der Waals surface area contributed by atoms with Crippen molar-refractivity contribution in [3.63, 3.8) is 0 Å². The van der Waals surface area contributed by atoms with Crippen molar-refractivity contribution in [2.24, 2.45) is 5.92 Å². The summed E-state index contributed by atoms with van der Waals surface area (Å²) in [7, 11) is 0.